The molecule has 0 unspecified atom stereocenters. The van der Waals surface area contributed by atoms with Gasteiger partial charge in [-0.3, -0.25) is 0 Å². The summed E-state index contributed by atoms with van der Waals surface area (Å²) in [6.45, 7) is 1.98. The van der Waals surface area contributed by atoms with Gasteiger partial charge in [0.15, 0.2) is 0 Å². The van der Waals surface area contributed by atoms with E-state index in [1.54, 1.807) is 17.7 Å². The Kier molecular flexibility index (Phi) is 4.70. The lowest BCUT2D eigenvalue weighted by Crippen LogP contribution is -1.92. The van der Waals surface area contributed by atoms with Crippen LogP contribution in [-0.2, 0) is 0 Å². The Morgan fingerprint density at radius 3 is 2.76 bits per heavy atom. The minimum Gasteiger partial charge on any atom is -0.456 e. The Labute approximate surface area is 184 Å². The first kappa shape index (κ1) is 18.5. The number of rotatable bonds is 3. The van der Waals surface area contributed by atoms with Crippen molar-refractivity contribution >= 4 is 60.0 Å². The predicted molar refractivity (Wildman–Crippen MR) is 122 cm³/mol. The number of benzene rings is 3. The second-order valence-electron chi connectivity index (χ2n) is 6.54. The van der Waals surface area contributed by atoms with Crippen LogP contribution < -0.4 is 4.74 Å². The Hall–Kier alpha value is -2.54. The van der Waals surface area contributed by atoms with Crippen molar-refractivity contribution in [3.05, 3.63) is 75.6 Å². The lowest BCUT2D eigenvalue weighted by Gasteiger charge is -2.12. The van der Waals surface area contributed by atoms with Gasteiger partial charge >= 0.3 is 0 Å². The van der Waals surface area contributed by atoms with Crippen LogP contribution in [0.15, 0.2) is 64.8 Å². The molecule has 5 aromatic rings. The van der Waals surface area contributed by atoms with Crippen LogP contribution in [0, 0.1) is 6.92 Å². The van der Waals surface area contributed by atoms with E-state index in [4.69, 9.17) is 16.3 Å². The number of nitrogens with zero attached hydrogens (tertiary/aromatic N) is 3. The van der Waals surface area contributed by atoms with Gasteiger partial charge in [0.2, 0.25) is 0 Å². The van der Waals surface area contributed by atoms with Crippen LogP contribution in [0.25, 0.3) is 32.2 Å². The number of fused-ring (bicyclic) bond motifs is 2. The van der Waals surface area contributed by atoms with Gasteiger partial charge in [0.05, 0.1) is 26.3 Å². The molecule has 0 fully saturated rings. The Morgan fingerprint density at radius 2 is 1.90 bits per heavy atom. The zero-order valence-electron chi connectivity index (χ0n) is 15.2. The van der Waals surface area contributed by atoms with Crippen molar-refractivity contribution in [1.82, 2.24) is 15.0 Å². The van der Waals surface area contributed by atoms with E-state index >= 15 is 0 Å². The molecule has 0 aliphatic rings. The van der Waals surface area contributed by atoms with Crippen LogP contribution in [0.3, 0.4) is 0 Å². The van der Waals surface area contributed by atoms with Crippen molar-refractivity contribution in [2.45, 2.75) is 6.92 Å². The number of thiazole rings is 1. The van der Waals surface area contributed by atoms with E-state index in [2.05, 4.69) is 30.9 Å². The second-order valence-corrected chi connectivity index (χ2v) is 8.75. The van der Waals surface area contributed by atoms with Gasteiger partial charge in [0, 0.05) is 27.2 Å². The molecule has 0 atom stereocenters. The highest BCUT2D eigenvalue weighted by molar-refractivity contribution is 9.10. The van der Waals surface area contributed by atoms with Gasteiger partial charge in [-0.25, -0.2) is 15.0 Å². The summed E-state index contributed by atoms with van der Waals surface area (Å²) in [4.78, 5) is 13.1. The van der Waals surface area contributed by atoms with Gasteiger partial charge in [-0.05, 0) is 48.9 Å². The highest BCUT2D eigenvalue weighted by Gasteiger charge is 2.12. The molecular formula is C22H13BrClN3OS. The molecule has 5 rings (SSSR count). The van der Waals surface area contributed by atoms with E-state index in [1.165, 1.54) is 0 Å². The number of aromatic nitrogens is 3. The third-order valence-corrected chi connectivity index (χ3v) is 6.24. The van der Waals surface area contributed by atoms with E-state index in [1.807, 2.05) is 61.0 Å². The smallest absolute Gasteiger partial charge is 0.146 e. The van der Waals surface area contributed by atoms with Crippen molar-refractivity contribution in [1.29, 1.82) is 0 Å². The molecule has 142 valence electrons. The van der Waals surface area contributed by atoms with Crippen LogP contribution >= 0.6 is 38.9 Å². The summed E-state index contributed by atoms with van der Waals surface area (Å²) in [5.74, 6) is 1.30. The van der Waals surface area contributed by atoms with Crippen molar-refractivity contribution in [3.63, 3.8) is 0 Å². The van der Waals surface area contributed by atoms with Gasteiger partial charge in [0.25, 0.3) is 0 Å². The standard InChI is InChI=1S/C22H13BrClN3OS/c1-12-16-7-14(23)8-17(22(16)26-10-25-12)13-2-4-20(18(24)6-13)28-15-3-5-21-19(9-15)27-11-29-21/h2-11H,1H3. The molecule has 7 heteroatoms. The molecule has 0 amide bonds. The maximum Gasteiger partial charge on any atom is 0.146 e. The van der Waals surface area contributed by atoms with E-state index in [-0.39, 0.29) is 0 Å². The number of aryl methyl sites for hydroxylation is 1. The van der Waals surface area contributed by atoms with Gasteiger partial charge in [-0.15, -0.1) is 11.3 Å². The first-order valence-corrected chi connectivity index (χ1v) is 10.9. The summed E-state index contributed by atoms with van der Waals surface area (Å²) < 4.78 is 8.09. The minimum absolute atomic E-state index is 0.528. The van der Waals surface area contributed by atoms with E-state index in [9.17, 15) is 0 Å². The molecule has 2 heterocycles. The monoisotopic (exact) mass is 481 g/mol. The number of ether oxygens (including phenoxy) is 1. The molecule has 3 aromatic carbocycles. The SMILES string of the molecule is Cc1ncnc2c(-c3ccc(Oc4ccc5scnc5c4)c(Cl)c3)cc(Br)cc12. The topological polar surface area (TPSA) is 47.9 Å². The summed E-state index contributed by atoms with van der Waals surface area (Å²) in [7, 11) is 0. The normalized spacial score (nSPS) is 11.3. The molecule has 2 aromatic heterocycles. The summed E-state index contributed by atoms with van der Waals surface area (Å²) in [6, 6.07) is 15.7. The fourth-order valence-electron chi connectivity index (χ4n) is 3.26. The van der Waals surface area contributed by atoms with Crippen LogP contribution in [0.4, 0.5) is 0 Å². The summed E-state index contributed by atoms with van der Waals surface area (Å²) in [5, 5.41) is 1.53. The maximum atomic E-state index is 6.57. The fourth-order valence-corrected chi connectivity index (χ4v) is 4.59. The Bertz CT molecular complexity index is 1390. The van der Waals surface area contributed by atoms with Crippen molar-refractivity contribution in [2.75, 3.05) is 0 Å². The molecule has 0 radical (unpaired) electrons. The molecule has 0 aliphatic heterocycles. The molecular weight excluding hydrogens is 470 g/mol. The summed E-state index contributed by atoms with van der Waals surface area (Å²) in [6.07, 6.45) is 1.59. The second kappa shape index (κ2) is 7.37. The lowest BCUT2D eigenvalue weighted by atomic mass is 10.0. The zero-order chi connectivity index (χ0) is 20.0. The van der Waals surface area contributed by atoms with Gasteiger partial charge < -0.3 is 4.74 Å². The molecule has 0 spiro atoms. The third kappa shape index (κ3) is 3.48. The van der Waals surface area contributed by atoms with Gasteiger partial charge in [-0.2, -0.15) is 0 Å². The van der Waals surface area contributed by atoms with Gasteiger partial charge in [0.1, 0.15) is 17.8 Å². The molecule has 29 heavy (non-hydrogen) atoms. The number of hydrogen-bond acceptors (Lipinski definition) is 5. The fraction of sp³-hybridized carbons (Fsp3) is 0.0455. The quantitative estimate of drug-likeness (QED) is 0.268. The molecule has 0 saturated heterocycles. The highest BCUT2D eigenvalue weighted by atomic mass is 79.9. The van der Waals surface area contributed by atoms with Gasteiger partial charge in [-0.1, -0.05) is 33.6 Å². The van der Waals surface area contributed by atoms with Crippen LogP contribution in [-0.4, -0.2) is 15.0 Å². The molecule has 4 nitrogen and oxygen atoms in total. The molecule has 0 saturated carbocycles. The van der Waals surface area contributed by atoms with E-state index in [0.717, 1.165) is 42.4 Å². The zero-order valence-corrected chi connectivity index (χ0v) is 18.3. The Morgan fingerprint density at radius 1 is 1.00 bits per heavy atom. The van der Waals surface area contributed by atoms with Crippen molar-refractivity contribution in [3.8, 4) is 22.6 Å². The van der Waals surface area contributed by atoms with Crippen LogP contribution in [0.2, 0.25) is 5.02 Å². The average Bonchev–Trinajstić information content (AvgIpc) is 3.17. The van der Waals surface area contributed by atoms with E-state index in [0.29, 0.717) is 16.5 Å². The van der Waals surface area contributed by atoms with Crippen LogP contribution in [0.5, 0.6) is 11.5 Å². The average molecular weight is 483 g/mol. The lowest BCUT2D eigenvalue weighted by molar-refractivity contribution is 0.483. The largest absolute Gasteiger partial charge is 0.456 e. The molecule has 0 N–H and O–H groups in total. The third-order valence-electron chi connectivity index (χ3n) is 4.68. The maximum absolute atomic E-state index is 6.57. The Balaban J connectivity index is 1.55. The molecule has 0 aliphatic carbocycles. The first-order chi connectivity index (χ1) is 14.1. The summed E-state index contributed by atoms with van der Waals surface area (Å²) >= 11 is 11.8. The predicted octanol–water partition coefficient (Wildman–Crippen LogP) is 7.42. The summed E-state index contributed by atoms with van der Waals surface area (Å²) in [5.41, 5.74) is 6.50. The highest BCUT2D eigenvalue weighted by Crippen LogP contribution is 2.37. The van der Waals surface area contributed by atoms with Crippen molar-refractivity contribution < 1.29 is 4.74 Å². The number of hydrogen-bond donors (Lipinski definition) is 0. The first-order valence-electron chi connectivity index (χ1n) is 8.80. The van der Waals surface area contributed by atoms with Crippen LogP contribution in [0.1, 0.15) is 5.69 Å². The number of halogens is 2. The minimum atomic E-state index is 0.528. The van der Waals surface area contributed by atoms with E-state index < -0.39 is 0 Å². The van der Waals surface area contributed by atoms with Crippen molar-refractivity contribution in [2.24, 2.45) is 0 Å². The molecule has 0 bridgehead atoms.